The van der Waals surface area contributed by atoms with Gasteiger partial charge in [0.15, 0.2) is 0 Å². The van der Waals surface area contributed by atoms with Crippen molar-refractivity contribution in [2.45, 2.75) is 59.0 Å². The summed E-state index contributed by atoms with van der Waals surface area (Å²) in [6.07, 6.45) is 3.23. The van der Waals surface area contributed by atoms with Crippen LogP contribution in [0.4, 0.5) is 16.2 Å². The molecule has 1 fully saturated rings. The van der Waals surface area contributed by atoms with Crippen LogP contribution in [0.15, 0.2) is 30.3 Å². The summed E-state index contributed by atoms with van der Waals surface area (Å²) in [6.45, 7) is 6.74. The number of aryl methyl sites for hydroxylation is 3. The number of rotatable bonds is 4. The molecule has 6 nitrogen and oxygen atoms in total. The van der Waals surface area contributed by atoms with E-state index in [-0.39, 0.29) is 23.9 Å². The first kappa shape index (κ1) is 21.2. The molecule has 2 aromatic carbocycles. The number of methoxy groups -OCH3 is 1. The molecule has 0 unspecified atom stereocenters. The monoisotopic (exact) mass is 421 g/mol. The fraction of sp³-hybridized carbons (Fsp3) is 0.440. The maximum Gasteiger partial charge on any atom is 0.322 e. The average molecular weight is 422 g/mol. The number of anilines is 2. The number of benzene rings is 2. The van der Waals surface area contributed by atoms with E-state index >= 15 is 0 Å². The second-order valence-electron chi connectivity index (χ2n) is 8.79. The summed E-state index contributed by atoms with van der Waals surface area (Å²) in [4.78, 5) is 27.5. The summed E-state index contributed by atoms with van der Waals surface area (Å²) in [5, 5.41) is 6.13. The predicted molar refractivity (Wildman–Crippen MR) is 123 cm³/mol. The molecule has 4 rings (SSSR count). The van der Waals surface area contributed by atoms with Gasteiger partial charge in [-0.25, -0.2) is 4.79 Å². The van der Waals surface area contributed by atoms with Gasteiger partial charge in [-0.15, -0.1) is 0 Å². The van der Waals surface area contributed by atoms with Gasteiger partial charge in [-0.3, -0.25) is 4.79 Å². The third-order valence-corrected chi connectivity index (χ3v) is 6.76. The highest BCUT2D eigenvalue weighted by molar-refractivity contribution is 5.94. The maximum atomic E-state index is 12.8. The van der Waals surface area contributed by atoms with Crippen molar-refractivity contribution < 1.29 is 14.3 Å². The van der Waals surface area contributed by atoms with E-state index in [9.17, 15) is 9.59 Å². The van der Waals surface area contributed by atoms with E-state index in [4.69, 9.17) is 4.74 Å². The fourth-order valence-corrected chi connectivity index (χ4v) is 4.75. The number of nitrogens with one attached hydrogen (secondary N) is 2. The Morgan fingerprint density at radius 3 is 2.42 bits per heavy atom. The van der Waals surface area contributed by atoms with E-state index in [1.807, 2.05) is 36.9 Å². The molecule has 2 aliphatic rings. The molecule has 1 aliphatic heterocycles. The summed E-state index contributed by atoms with van der Waals surface area (Å²) in [7, 11) is 1.63. The second kappa shape index (κ2) is 8.61. The van der Waals surface area contributed by atoms with Crippen molar-refractivity contribution in [3.05, 3.63) is 52.6 Å². The van der Waals surface area contributed by atoms with Crippen molar-refractivity contribution in [3.63, 3.8) is 0 Å². The lowest BCUT2D eigenvalue weighted by atomic mass is 9.84. The summed E-state index contributed by atoms with van der Waals surface area (Å²) in [5.41, 5.74) is 6.25. The van der Waals surface area contributed by atoms with Gasteiger partial charge in [0, 0.05) is 23.7 Å². The zero-order chi connectivity index (χ0) is 22.1. The van der Waals surface area contributed by atoms with Crippen LogP contribution in [0.2, 0.25) is 0 Å². The Kier molecular flexibility index (Phi) is 5.90. The largest absolute Gasteiger partial charge is 0.496 e. The Morgan fingerprint density at radius 2 is 1.71 bits per heavy atom. The average Bonchev–Trinajstić information content (AvgIpc) is 2.77. The van der Waals surface area contributed by atoms with Crippen LogP contribution in [0.25, 0.3) is 0 Å². The number of ether oxygens (including phenoxy) is 1. The molecule has 31 heavy (non-hydrogen) atoms. The van der Waals surface area contributed by atoms with Crippen LogP contribution in [0, 0.1) is 26.7 Å². The van der Waals surface area contributed by atoms with Crippen molar-refractivity contribution in [2.75, 3.05) is 17.7 Å². The van der Waals surface area contributed by atoms with Gasteiger partial charge < -0.3 is 20.3 Å². The normalized spacial score (nSPS) is 20.6. The number of carbonyl (C=O) groups is 2. The fourth-order valence-electron chi connectivity index (χ4n) is 4.75. The van der Waals surface area contributed by atoms with Gasteiger partial charge in [0.05, 0.1) is 19.3 Å². The summed E-state index contributed by atoms with van der Waals surface area (Å²) in [6, 6.07) is 10.0. The highest BCUT2D eigenvalue weighted by Crippen LogP contribution is 2.35. The molecule has 0 saturated heterocycles. The van der Waals surface area contributed by atoms with Gasteiger partial charge in [0.2, 0.25) is 5.91 Å². The van der Waals surface area contributed by atoms with Crippen LogP contribution in [-0.4, -0.2) is 30.0 Å². The van der Waals surface area contributed by atoms with Crippen molar-refractivity contribution in [1.29, 1.82) is 0 Å². The van der Waals surface area contributed by atoms with Crippen molar-refractivity contribution in [1.82, 2.24) is 4.90 Å². The van der Waals surface area contributed by atoms with Gasteiger partial charge in [-0.05, 0) is 74.8 Å². The Bertz CT molecular complexity index is 1010. The molecular weight excluding hydrogens is 390 g/mol. The zero-order valence-electron chi connectivity index (χ0n) is 18.7. The molecule has 164 valence electrons. The minimum absolute atomic E-state index is 0.0270. The first-order valence-electron chi connectivity index (χ1n) is 11.0. The molecule has 0 radical (unpaired) electrons. The van der Waals surface area contributed by atoms with Gasteiger partial charge in [-0.2, -0.15) is 0 Å². The van der Waals surface area contributed by atoms with Crippen molar-refractivity contribution >= 4 is 23.3 Å². The molecule has 1 saturated carbocycles. The quantitative estimate of drug-likeness (QED) is 0.716. The van der Waals surface area contributed by atoms with Crippen LogP contribution in [-0.2, 0) is 11.3 Å². The van der Waals surface area contributed by atoms with Gasteiger partial charge in [-0.1, -0.05) is 18.2 Å². The number of nitrogens with zero attached hydrogens (tertiary/aromatic N) is 1. The number of amides is 3. The summed E-state index contributed by atoms with van der Waals surface area (Å²) >= 11 is 0. The number of hydrogen-bond donors (Lipinski definition) is 2. The second-order valence-corrected chi connectivity index (χ2v) is 8.79. The highest BCUT2D eigenvalue weighted by atomic mass is 16.5. The van der Waals surface area contributed by atoms with Crippen LogP contribution >= 0.6 is 0 Å². The molecular formula is C25H31N3O3. The van der Waals surface area contributed by atoms with Gasteiger partial charge in [0.1, 0.15) is 5.75 Å². The molecule has 0 bridgehead atoms. The lowest BCUT2D eigenvalue weighted by Gasteiger charge is -2.40. The number of carbonyl (C=O) groups excluding carboxylic acids is 2. The van der Waals surface area contributed by atoms with E-state index in [2.05, 4.69) is 29.7 Å². The van der Waals surface area contributed by atoms with Crippen molar-refractivity contribution in [2.24, 2.45) is 5.92 Å². The van der Waals surface area contributed by atoms with Gasteiger partial charge in [0.25, 0.3) is 0 Å². The van der Waals surface area contributed by atoms with Crippen molar-refractivity contribution in [3.8, 4) is 5.75 Å². The Morgan fingerprint density at radius 1 is 1.03 bits per heavy atom. The molecule has 1 heterocycles. The lowest BCUT2D eigenvalue weighted by molar-refractivity contribution is -0.121. The number of fused-ring (bicyclic) bond motifs is 1. The minimum atomic E-state index is -0.0346. The zero-order valence-corrected chi connectivity index (χ0v) is 18.7. The Balaban J connectivity index is 1.38. The maximum absolute atomic E-state index is 12.8. The van der Waals surface area contributed by atoms with E-state index < -0.39 is 0 Å². The molecule has 0 spiro atoms. The smallest absolute Gasteiger partial charge is 0.322 e. The molecule has 0 atom stereocenters. The molecule has 3 amide bonds. The molecule has 6 heteroatoms. The third kappa shape index (κ3) is 4.24. The summed E-state index contributed by atoms with van der Waals surface area (Å²) < 4.78 is 5.35. The van der Waals surface area contributed by atoms with Crippen LogP contribution in [0.5, 0.6) is 5.75 Å². The van der Waals surface area contributed by atoms with E-state index in [1.165, 1.54) is 11.1 Å². The minimum Gasteiger partial charge on any atom is -0.496 e. The van der Waals surface area contributed by atoms with Crippen LogP contribution < -0.4 is 15.4 Å². The van der Waals surface area contributed by atoms with Crippen LogP contribution in [0.3, 0.4) is 0 Å². The van der Waals surface area contributed by atoms with Crippen LogP contribution in [0.1, 0.15) is 47.9 Å². The number of urea groups is 1. The first-order chi connectivity index (χ1) is 14.9. The molecule has 1 aliphatic carbocycles. The highest BCUT2D eigenvalue weighted by Gasteiger charge is 2.34. The van der Waals surface area contributed by atoms with E-state index in [0.29, 0.717) is 6.54 Å². The molecule has 0 aromatic heterocycles. The Labute approximate surface area is 184 Å². The predicted octanol–water partition coefficient (Wildman–Crippen LogP) is 5.17. The molecule has 2 N–H and O–H groups in total. The van der Waals surface area contributed by atoms with E-state index in [0.717, 1.165) is 53.9 Å². The van der Waals surface area contributed by atoms with Gasteiger partial charge >= 0.3 is 6.03 Å². The first-order valence-corrected chi connectivity index (χ1v) is 11.0. The standard InChI is InChI=1S/C25H31N3O3/c1-15-5-6-17(3)23-21(15)14-28(25(30)27-23)20-11-8-18(9-12-20)24(29)26-19-10-7-16(2)22(13-19)31-4/h5-7,10,13,18,20H,8-9,11-12,14H2,1-4H3,(H,26,29)(H,27,30). The lowest BCUT2D eigenvalue weighted by Crippen LogP contribution is -2.47. The topological polar surface area (TPSA) is 70.7 Å². The summed E-state index contributed by atoms with van der Waals surface area (Å²) in [5.74, 6) is 0.778. The number of hydrogen-bond acceptors (Lipinski definition) is 3. The third-order valence-electron chi connectivity index (χ3n) is 6.76. The van der Waals surface area contributed by atoms with E-state index in [1.54, 1.807) is 7.11 Å². The molecule has 2 aromatic rings. The Hall–Kier alpha value is -3.02. The SMILES string of the molecule is COc1cc(NC(=O)C2CCC(N3Cc4c(C)ccc(C)c4NC3=O)CC2)ccc1C.